The quantitative estimate of drug-likeness (QED) is 0.435. The Hall–Kier alpha value is -2.57. The molecule has 4 nitrogen and oxygen atoms in total. The molecular formula is C22H21BO4S-. The fraction of sp³-hybridized carbons (Fsp3) is 0.182. The second-order valence-corrected chi connectivity index (χ2v) is 8.40. The summed E-state index contributed by atoms with van der Waals surface area (Å²) < 4.78 is 33.4. The molecule has 0 N–H and O–H groups in total. The van der Waals surface area contributed by atoms with Crippen LogP contribution in [0.1, 0.15) is 20.8 Å². The summed E-state index contributed by atoms with van der Waals surface area (Å²) in [5.41, 5.74) is 1.16. The molecule has 0 fully saturated rings. The van der Waals surface area contributed by atoms with Gasteiger partial charge in [0.05, 0.1) is 0 Å². The highest BCUT2D eigenvalue weighted by molar-refractivity contribution is 7.79. The minimum atomic E-state index is -2.24. The molecule has 0 saturated carbocycles. The predicted molar refractivity (Wildman–Crippen MR) is 112 cm³/mol. The lowest BCUT2D eigenvalue weighted by atomic mass is 9.51. The molecular weight excluding hydrogens is 371 g/mol. The van der Waals surface area contributed by atoms with Gasteiger partial charge in [-0.2, -0.15) is 0 Å². The molecule has 6 heteroatoms. The number of hydrogen-bond donors (Lipinski definition) is 0. The molecule has 3 aromatic rings. The second-order valence-electron chi connectivity index (χ2n) is 7.46. The van der Waals surface area contributed by atoms with Crippen molar-refractivity contribution >= 4 is 23.8 Å². The number of hydrogen-bond acceptors (Lipinski definition) is 4. The van der Waals surface area contributed by atoms with E-state index in [1.54, 1.807) is 24.3 Å². The highest BCUT2D eigenvalue weighted by atomic mass is 32.2. The molecule has 1 atom stereocenters. The third-order valence-electron chi connectivity index (χ3n) is 3.79. The Balaban J connectivity index is 1.60. The van der Waals surface area contributed by atoms with E-state index < -0.39 is 11.1 Å². The third kappa shape index (κ3) is 5.97. The lowest BCUT2D eigenvalue weighted by Gasteiger charge is -2.16. The van der Waals surface area contributed by atoms with Crippen LogP contribution in [0.2, 0.25) is 5.31 Å². The van der Waals surface area contributed by atoms with Gasteiger partial charge in [0.2, 0.25) is 0 Å². The van der Waals surface area contributed by atoms with E-state index in [0.29, 0.717) is 17.2 Å². The Bertz CT molecular complexity index is 930. The van der Waals surface area contributed by atoms with Gasteiger partial charge in [-0.25, -0.2) is 0 Å². The van der Waals surface area contributed by atoms with Gasteiger partial charge in [0.25, 0.3) is 0 Å². The van der Waals surface area contributed by atoms with Crippen LogP contribution in [0.3, 0.4) is 0 Å². The minimum absolute atomic E-state index is 0.130. The second kappa shape index (κ2) is 8.63. The average Bonchev–Trinajstić information content (AvgIpc) is 2.64. The standard InChI is InChI=1S/C22H22BO4S/c1-22(2,3)23-16-4-6-17(7-5-16)26-18-8-10-19(11-9-18)27-20-12-14-21(15-13-20)28(24)25/h4-15H,1-3H3,(H,24,25)/p-1. The Morgan fingerprint density at radius 3 is 1.43 bits per heavy atom. The van der Waals surface area contributed by atoms with Crippen molar-refractivity contribution in [3.8, 4) is 23.0 Å². The molecule has 0 aliphatic carbocycles. The SMILES string of the molecule is CC(C)(C)[B]c1ccc(Oc2ccc(Oc3ccc(S(=O)[O-])cc3)cc2)cc1. The summed E-state index contributed by atoms with van der Waals surface area (Å²) in [5.74, 6) is 2.67. The molecule has 0 spiro atoms. The fourth-order valence-electron chi connectivity index (χ4n) is 2.60. The molecule has 143 valence electrons. The smallest absolute Gasteiger partial charge is 0.157 e. The van der Waals surface area contributed by atoms with Gasteiger partial charge in [-0.15, -0.1) is 0 Å². The first-order valence-electron chi connectivity index (χ1n) is 8.90. The largest absolute Gasteiger partial charge is 0.768 e. The van der Waals surface area contributed by atoms with Crippen molar-refractivity contribution in [3.63, 3.8) is 0 Å². The van der Waals surface area contributed by atoms with Crippen LogP contribution in [0.25, 0.3) is 0 Å². The van der Waals surface area contributed by atoms with Crippen LogP contribution in [0, 0.1) is 0 Å². The Kier molecular flexibility index (Phi) is 6.22. The van der Waals surface area contributed by atoms with Gasteiger partial charge in [-0.1, -0.05) is 43.7 Å². The normalized spacial score (nSPS) is 12.3. The molecule has 1 radical (unpaired) electrons. The van der Waals surface area contributed by atoms with E-state index in [-0.39, 0.29) is 10.2 Å². The predicted octanol–water partition coefficient (Wildman–Crippen LogP) is 5.06. The monoisotopic (exact) mass is 392 g/mol. The van der Waals surface area contributed by atoms with E-state index in [1.165, 1.54) is 12.1 Å². The highest BCUT2D eigenvalue weighted by Crippen LogP contribution is 2.27. The van der Waals surface area contributed by atoms with Crippen molar-refractivity contribution < 1.29 is 18.2 Å². The molecule has 0 aromatic heterocycles. The van der Waals surface area contributed by atoms with Crippen LogP contribution >= 0.6 is 0 Å². The van der Waals surface area contributed by atoms with E-state index in [1.807, 2.05) is 36.4 Å². The minimum Gasteiger partial charge on any atom is -0.768 e. The first-order chi connectivity index (χ1) is 13.3. The Labute approximate surface area is 169 Å². The van der Waals surface area contributed by atoms with Crippen LogP contribution in [-0.2, 0) is 11.1 Å². The molecule has 3 rings (SSSR count). The summed E-state index contributed by atoms with van der Waals surface area (Å²) in [6.45, 7) is 6.50. The summed E-state index contributed by atoms with van der Waals surface area (Å²) in [4.78, 5) is 0.224. The highest BCUT2D eigenvalue weighted by Gasteiger charge is 2.13. The molecule has 0 bridgehead atoms. The fourth-order valence-corrected chi connectivity index (χ4v) is 2.96. The summed E-state index contributed by atoms with van der Waals surface area (Å²) in [6, 6.07) is 21.5. The van der Waals surface area contributed by atoms with E-state index in [9.17, 15) is 8.76 Å². The van der Waals surface area contributed by atoms with Crippen molar-refractivity contribution in [2.24, 2.45) is 0 Å². The van der Waals surface area contributed by atoms with Gasteiger partial charge in [0.1, 0.15) is 23.0 Å². The topological polar surface area (TPSA) is 58.6 Å². The van der Waals surface area contributed by atoms with Crippen LogP contribution in [-0.4, -0.2) is 16.0 Å². The van der Waals surface area contributed by atoms with Crippen LogP contribution in [0.15, 0.2) is 77.7 Å². The first-order valence-corrected chi connectivity index (χ1v) is 9.97. The average molecular weight is 392 g/mol. The molecule has 0 aliphatic heterocycles. The Morgan fingerprint density at radius 1 is 0.714 bits per heavy atom. The molecule has 1 unspecified atom stereocenters. The van der Waals surface area contributed by atoms with Gasteiger partial charge in [-0.05, 0) is 71.7 Å². The molecule has 3 aromatic carbocycles. The van der Waals surface area contributed by atoms with Crippen LogP contribution in [0.4, 0.5) is 0 Å². The van der Waals surface area contributed by atoms with Gasteiger partial charge < -0.3 is 14.0 Å². The van der Waals surface area contributed by atoms with Crippen molar-refractivity contribution in [2.45, 2.75) is 31.0 Å². The number of rotatable bonds is 6. The van der Waals surface area contributed by atoms with Crippen LogP contribution < -0.4 is 14.9 Å². The molecule has 0 amide bonds. The van der Waals surface area contributed by atoms with E-state index in [2.05, 4.69) is 28.1 Å². The molecule has 28 heavy (non-hydrogen) atoms. The molecule has 0 aliphatic rings. The maximum Gasteiger partial charge on any atom is 0.157 e. The molecule has 0 saturated heterocycles. The van der Waals surface area contributed by atoms with Crippen molar-refractivity contribution in [1.82, 2.24) is 0 Å². The Morgan fingerprint density at radius 2 is 1.07 bits per heavy atom. The summed E-state index contributed by atoms with van der Waals surface area (Å²) in [7, 11) is 2.21. The van der Waals surface area contributed by atoms with Gasteiger partial charge >= 0.3 is 0 Å². The lowest BCUT2D eigenvalue weighted by molar-refractivity contribution is 0.469. The summed E-state index contributed by atoms with van der Waals surface area (Å²) in [6.07, 6.45) is 0. The van der Waals surface area contributed by atoms with Crippen molar-refractivity contribution in [1.29, 1.82) is 0 Å². The van der Waals surface area contributed by atoms with E-state index in [4.69, 9.17) is 9.47 Å². The van der Waals surface area contributed by atoms with Crippen molar-refractivity contribution in [3.05, 3.63) is 72.8 Å². The summed E-state index contributed by atoms with van der Waals surface area (Å²) in [5, 5.41) is 0.130. The maximum atomic E-state index is 10.9. The van der Waals surface area contributed by atoms with Gasteiger partial charge in [0.15, 0.2) is 7.28 Å². The number of ether oxygens (including phenoxy) is 2. The lowest BCUT2D eigenvalue weighted by Crippen LogP contribution is -2.22. The van der Waals surface area contributed by atoms with E-state index >= 15 is 0 Å². The third-order valence-corrected chi connectivity index (χ3v) is 4.45. The zero-order chi connectivity index (χ0) is 20.1. The molecule has 0 heterocycles. The van der Waals surface area contributed by atoms with E-state index in [0.717, 1.165) is 11.2 Å². The van der Waals surface area contributed by atoms with Gasteiger partial charge in [0, 0.05) is 4.90 Å². The van der Waals surface area contributed by atoms with Crippen molar-refractivity contribution in [2.75, 3.05) is 0 Å². The van der Waals surface area contributed by atoms with Crippen LogP contribution in [0.5, 0.6) is 23.0 Å². The maximum absolute atomic E-state index is 10.9. The summed E-state index contributed by atoms with van der Waals surface area (Å²) >= 11 is -2.24. The van der Waals surface area contributed by atoms with Gasteiger partial charge in [-0.3, -0.25) is 4.21 Å². The zero-order valence-electron chi connectivity index (χ0n) is 16.0. The zero-order valence-corrected chi connectivity index (χ0v) is 16.9. The number of benzene rings is 3. The first kappa shape index (κ1) is 20.2.